The van der Waals surface area contributed by atoms with Crippen molar-refractivity contribution >= 4 is 24.2 Å². The van der Waals surface area contributed by atoms with Crippen LogP contribution in [0, 0.1) is 0 Å². The number of aliphatic imine (C=N–C) groups is 2. The zero-order valence-corrected chi connectivity index (χ0v) is 11.7. The smallest absolute Gasteiger partial charge is 0.223 e. The predicted molar refractivity (Wildman–Crippen MR) is 74.1 cm³/mol. The van der Waals surface area contributed by atoms with Gasteiger partial charge in [-0.3, -0.25) is 9.62 Å². The van der Waals surface area contributed by atoms with Crippen LogP contribution >= 0.6 is 11.9 Å². The van der Waals surface area contributed by atoms with Crippen LogP contribution in [0.5, 0.6) is 0 Å². The van der Waals surface area contributed by atoms with Gasteiger partial charge in [-0.05, 0) is 45.6 Å². The lowest BCUT2D eigenvalue weighted by atomic mass is 10.1. The molecule has 17 heavy (non-hydrogen) atoms. The molecular weight excluding hydrogens is 234 g/mol. The standard InChI is InChI=1S/C11H21N5S/c1-11(2,3)15-9-12-7-16(17-4)10(14-9)13-8-5-6-8/h7-8,10,13H,5-6H2,1-4H3,(H,14,15). The second-order valence-corrected chi connectivity index (χ2v) is 6.22. The van der Waals surface area contributed by atoms with Gasteiger partial charge in [0.15, 0.2) is 6.29 Å². The lowest BCUT2D eigenvalue weighted by Gasteiger charge is -2.30. The van der Waals surface area contributed by atoms with E-state index in [4.69, 9.17) is 0 Å². The lowest BCUT2D eigenvalue weighted by molar-refractivity contribution is 0.394. The van der Waals surface area contributed by atoms with Gasteiger partial charge in [-0.25, -0.2) is 9.98 Å². The molecule has 1 saturated carbocycles. The highest BCUT2D eigenvalue weighted by Gasteiger charge is 2.29. The molecule has 2 rings (SSSR count). The highest BCUT2D eigenvalue weighted by atomic mass is 32.2. The molecule has 0 aromatic rings. The first kappa shape index (κ1) is 12.7. The molecule has 0 bridgehead atoms. The summed E-state index contributed by atoms with van der Waals surface area (Å²) in [7, 11) is 0. The van der Waals surface area contributed by atoms with Crippen LogP contribution in [-0.4, -0.2) is 40.7 Å². The summed E-state index contributed by atoms with van der Waals surface area (Å²) >= 11 is 1.63. The van der Waals surface area contributed by atoms with E-state index in [1.807, 2.05) is 16.9 Å². The summed E-state index contributed by atoms with van der Waals surface area (Å²) in [5.41, 5.74) is -0.0121. The van der Waals surface area contributed by atoms with E-state index < -0.39 is 0 Å². The van der Waals surface area contributed by atoms with Gasteiger partial charge in [-0.2, -0.15) is 0 Å². The van der Waals surface area contributed by atoms with E-state index in [-0.39, 0.29) is 11.8 Å². The second kappa shape index (κ2) is 4.86. The molecule has 0 spiro atoms. The van der Waals surface area contributed by atoms with Crippen LogP contribution in [0.15, 0.2) is 9.98 Å². The first-order valence-corrected chi connectivity index (χ1v) is 7.15. The normalized spacial score (nSPS) is 24.8. The molecule has 1 fully saturated rings. The maximum absolute atomic E-state index is 4.60. The van der Waals surface area contributed by atoms with Crippen molar-refractivity contribution in [3.63, 3.8) is 0 Å². The Labute approximate surface area is 107 Å². The Hall–Kier alpha value is -0.750. The van der Waals surface area contributed by atoms with Crippen LogP contribution in [0.4, 0.5) is 0 Å². The summed E-state index contributed by atoms with van der Waals surface area (Å²) in [6, 6.07) is 0.626. The van der Waals surface area contributed by atoms with Gasteiger partial charge in [0, 0.05) is 17.8 Å². The van der Waals surface area contributed by atoms with Crippen LogP contribution in [0.3, 0.4) is 0 Å². The Bertz CT molecular complexity index is 329. The van der Waals surface area contributed by atoms with Crippen molar-refractivity contribution in [1.82, 2.24) is 14.9 Å². The van der Waals surface area contributed by atoms with E-state index >= 15 is 0 Å². The summed E-state index contributed by atoms with van der Waals surface area (Å²) in [4.78, 5) is 8.93. The average Bonchev–Trinajstić information content (AvgIpc) is 3.00. The summed E-state index contributed by atoms with van der Waals surface area (Å²) in [6.07, 6.45) is 6.39. The Morgan fingerprint density at radius 1 is 1.41 bits per heavy atom. The zero-order chi connectivity index (χ0) is 12.5. The van der Waals surface area contributed by atoms with Crippen molar-refractivity contribution in [2.24, 2.45) is 9.98 Å². The van der Waals surface area contributed by atoms with Gasteiger partial charge in [0.1, 0.15) is 6.34 Å². The van der Waals surface area contributed by atoms with Gasteiger partial charge < -0.3 is 5.32 Å². The van der Waals surface area contributed by atoms with Crippen molar-refractivity contribution in [3.8, 4) is 0 Å². The number of guanidine groups is 1. The third kappa shape index (κ3) is 3.89. The monoisotopic (exact) mass is 255 g/mol. The van der Waals surface area contributed by atoms with Crippen molar-refractivity contribution < 1.29 is 0 Å². The van der Waals surface area contributed by atoms with Crippen molar-refractivity contribution in [2.45, 2.75) is 51.5 Å². The van der Waals surface area contributed by atoms with Gasteiger partial charge in [-0.1, -0.05) is 0 Å². The number of hydrogen-bond acceptors (Lipinski definition) is 6. The Kier molecular flexibility index (Phi) is 3.63. The number of rotatable bonds is 3. The van der Waals surface area contributed by atoms with E-state index in [9.17, 15) is 0 Å². The molecular formula is C11H21N5S. The highest BCUT2D eigenvalue weighted by Crippen LogP contribution is 2.22. The number of nitrogens with one attached hydrogen (secondary N) is 2. The van der Waals surface area contributed by atoms with Crippen LogP contribution < -0.4 is 10.6 Å². The molecule has 1 atom stereocenters. The largest absolute Gasteiger partial charge is 0.350 e. The van der Waals surface area contributed by atoms with Gasteiger partial charge >= 0.3 is 0 Å². The Balaban J connectivity index is 2.01. The fourth-order valence-electron chi connectivity index (χ4n) is 1.50. The topological polar surface area (TPSA) is 52.0 Å². The van der Waals surface area contributed by atoms with E-state index in [0.717, 1.165) is 0 Å². The van der Waals surface area contributed by atoms with Crippen molar-refractivity contribution in [2.75, 3.05) is 6.26 Å². The minimum atomic E-state index is -0.0121. The first-order chi connectivity index (χ1) is 7.98. The molecule has 1 heterocycles. The van der Waals surface area contributed by atoms with Gasteiger partial charge in [-0.15, -0.1) is 0 Å². The van der Waals surface area contributed by atoms with Crippen LogP contribution in [0.2, 0.25) is 0 Å². The second-order valence-electron chi connectivity index (χ2n) is 5.43. The molecule has 5 nitrogen and oxygen atoms in total. The molecule has 1 unspecified atom stereocenters. The maximum Gasteiger partial charge on any atom is 0.223 e. The zero-order valence-electron chi connectivity index (χ0n) is 10.9. The van der Waals surface area contributed by atoms with E-state index in [1.54, 1.807) is 11.9 Å². The third-order valence-corrected chi connectivity index (χ3v) is 3.15. The molecule has 1 aliphatic heterocycles. The predicted octanol–water partition coefficient (Wildman–Crippen LogP) is 1.39. The fraction of sp³-hybridized carbons (Fsp3) is 0.818. The average molecular weight is 255 g/mol. The summed E-state index contributed by atoms with van der Waals surface area (Å²) < 4.78 is 2.03. The van der Waals surface area contributed by atoms with Crippen LogP contribution in [-0.2, 0) is 0 Å². The SMILES string of the molecule is CSN1C=NC(NC(C)(C)C)=NC1NC1CC1. The molecule has 96 valence electrons. The van der Waals surface area contributed by atoms with E-state index in [2.05, 4.69) is 41.4 Å². The van der Waals surface area contributed by atoms with E-state index in [0.29, 0.717) is 12.0 Å². The molecule has 1 aliphatic carbocycles. The van der Waals surface area contributed by atoms with E-state index in [1.165, 1.54) is 12.8 Å². The van der Waals surface area contributed by atoms with Gasteiger partial charge in [0.05, 0.1) is 0 Å². The lowest BCUT2D eigenvalue weighted by Crippen LogP contribution is -2.48. The maximum atomic E-state index is 4.60. The number of nitrogens with zero attached hydrogens (tertiary/aromatic N) is 3. The van der Waals surface area contributed by atoms with Gasteiger partial charge in [0.25, 0.3) is 0 Å². The van der Waals surface area contributed by atoms with Crippen LogP contribution in [0.25, 0.3) is 0 Å². The van der Waals surface area contributed by atoms with Crippen molar-refractivity contribution in [3.05, 3.63) is 0 Å². The Morgan fingerprint density at radius 3 is 2.65 bits per heavy atom. The molecule has 2 N–H and O–H groups in total. The highest BCUT2D eigenvalue weighted by molar-refractivity contribution is 7.96. The minimum Gasteiger partial charge on any atom is -0.350 e. The van der Waals surface area contributed by atoms with Crippen molar-refractivity contribution in [1.29, 1.82) is 0 Å². The van der Waals surface area contributed by atoms with Crippen LogP contribution in [0.1, 0.15) is 33.6 Å². The van der Waals surface area contributed by atoms with Gasteiger partial charge in [0.2, 0.25) is 5.96 Å². The minimum absolute atomic E-state index is 0.000139. The molecule has 0 radical (unpaired) electrons. The summed E-state index contributed by atoms with van der Waals surface area (Å²) in [5, 5.41) is 6.80. The molecule has 6 heteroatoms. The third-order valence-electron chi connectivity index (χ3n) is 2.44. The number of hydrogen-bond donors (Lipinski definition) is 2. The quantitative estimate of drug-likeness (QED) is 0.748. The Morgan fingerprint density at radius 2 is 2.12 bits per heavy atom. The summed E-state index contributed by atoms with van der Waals surface area (Å²) in [5.74, 6) is 0.709. The fourth-order valence-corrected chi connectivity index (χ4v) is 1.95. The molecule has 0 aromatic carbocycles. The molecule has 0 aromatic heterocycles. The molecule has 0 amide bonds. The molecule has 2 aliphatic rings. The summed E-state index contributed by atoms with van der Waals surface area (Å²) in [6.45, 7) is 6.32. The first-order valence-electron chi connectivity index (χ1n) is 5.96. The molecule has 0 saturated heterocycles.